The van der Waals surface area contributed by atoms with Crippen LogP contribution < -0.4 is 4.74 Å². The second-order valence-electron chi connectivity index (χ2n) is 4.39. The minimum absolute atomic E-state index is 0.205. The van der Waals surface area contributed by atoms with Crippen LogP contribution >= 0.6 is 23.2 Å². The van der Waals surface area contributed by atoms with E-state index in [1.54, 1.807) is 18.2 Å². The van der Waals surface area contributed by atoms with E-state index in [1.165, 1.54) is 0 Å². The van der Waals surface area contributed by atoms with E-state index >= 15 is 0 Å². The number of aliphatic carboxylic acids is 1. The van der Waals surface area contributed by atoms with Gasteiger partial charge in [-0.25, -0.2) is 0 Å². The molecule has 0 aliphatic carbocycles. The van der Waals surface area contributed by atoms with E-state index in [0.29, 0.717) is 42.1 Å². The van der Waals surface area contributed by atoms with Crippen LogP contribution in [0, 0.1) is 0 Å². The number of hydrogen-bond donors (Lipinski definition) is 1. The molecule has 2 rings (SSSR count). The second kappa shape index (κ2) is 7.13. The summed E-state index contributed by atoms with van der Waals surface area (Å²) in [6, 6.07) is 4.37. The first-order chi connectivity index (χ1) is 9.58. The molecule has 0 spiro atoms. The van der Waals surface area contributed by atoms with Gasteiger partial charge < -0.3 is 14.6 Å². The molecule has 1 heterocycles. The molecule has 0 bridgehead atoms. The van der Waals surface area contributed by atoms with Crippen molar-refractivity contribution >= 4 is 29.2 Å². The number of nitrogens with zero attached hydrogens (tertiary/aromatic N) is 1. The van der Waals surface area contributed by atoms with Crippen LogP contribution in [0.25, 0.3) is 0 Å². The van der Waals surface area contributed by atoms with Crippen LogP contribution in [0.3, 0.4) is 0 Å². The summed E-state index contributed by atoms with van der Waals surface area (Å²) in [7, 11) is 0. The van der Waals surface area contributed by atoms with Crippen molar-refractivity contribution in [2.24, 2.45) is 0 Å². The second-order valence-corrected chi connectivity index (χ2v) is 5.23. The third-order valence-electron chi connectivity index (χ3n) is 3.05. The number of rotatable bonds is 5. The van der Waals surface area contributed by atoms with Gasteiger partial charge in [0.05, 0.1) is 18.2 Å². The highest BCUT2D eigenvalue weighted by Gasteiger charge is 2.28. The summed E-state index contributed by atoms with van der Waals surface area (Å²) >= 11 is 11.8. The van der Waals surface area contributed by atoms with Gasteiger partial charge in [0.15, 0.2) is 0 Å². The Balaban J connectivity index is 1.86. The van der Waals surface area contributed by atoms with Crippen LogP contribution in [0.1, 0.15) is 0 Å². The summed E-state index contributed by atoms with van der Waals surface area (Å²) in [6.45, 7) is 2.17. The lowest BCUT2D eigenvalue weighted by atomic mass is 10.2. The zero-order chi connectivity index (χ0) is 14.5. The minimum Gasteiger partial charge on any atom is -0.491 e. The molecule has 1 fully saturated rings. The lowest BCUT2D eigenvalue weighted by Gasteiger charge is -2.32. The summed E-state index contributed by atoms with van der Waals surface area (Å²) in [5, 5.41) is 10.1. The van der Waals surface area contributed by atoms with Gasteiger partial charge in [-0.2, -0.15) is 0 Å². The first-order valence-electron chi connectivity index (χ1n) is 6.20. The van der Waals surface area contributed by atoms with E-state index in [-0.39, 0.29) is 6.61 Å². The molecule has 0 radical (unpaired) electrons. The molecular formula is C13H15Cl2NO4. The van der Waals surface area contributed by atoms with E-state index in [2.05, 4.69) is 0 Å². The van der Waals surface area contributed by atoms with Crippen LogP contribution in [0.2, 0.25) is 10.0 Å². The Morgan fingerprint density at radius 3 is 3.00 bits per heavy atom. The number of hydrogen-bond acceptors (Lipinski definition) is 4. The molecule has 1 aliphatic heterocycles. The quantitative estimate of drug-likeness (QED) is 0.901. The molecule has 7 heteroatoms. The van der Waals surface area contributed by atoms with Crippen LogP contribution in [0.15, 0.2) is 18.2 Å². The van der Waals surface area contributed by atoms with Gasteiger partial charge in [-0.3, -0.25) is 9.69 Å². The number of carboxylic acid groups (broad SMARTS) is 1. The number of carbonyl (C=O) groups is 1. The Morgan fingerprint density at radius 2 is 2.30 bits per heavy atom. The predicted octanol–water partition coefficient (Wildman–Crippen LogP) is 2.16. The zero-order valence-corrected chi connectivity index (χ0v) is 12.2. The highest BCUT2D eigenvalue weighted by Crippen LogP contribution is 2.27. The van der Waals surface area contributed by atoms with E-state index in [1.807, 2.05) is 4.90 Å². The van der Waals surface area contributed by atoms with Crippen molar-refractivity contribution < 1.29 is 19.4 Å². The lowest BCUT2D eigenvalue weighted by molar-refractivity contribution is -0.149. The number of halogens is 2. The summed E-state index contributed by atoms with van der Waals surface area (Å²) in [5.74, 6) is -0.342. The van der Waals surface area contributed by atoms with E-state index in [0.717, 1.165) is 0 Å². The average Bonchev–Trinajstić information content (AvgIpc) is 2.41. The van der Waals surface area contributed by atoms with Crippen molar-refractivity contribution in [2.45, 2.75) is 6.04 Å². The molecular weight excluding hydrogens is 305 g/mol. The lowest BCUT2D eigenvalue weighted by Crippen LogP contribution is -2.51. The van der Waals surface area contributed by atoms with Crippen molar-refractivity contribution in [3.8, 4) is 5.75 Å². The first-order valence-corrected chi connectivity index (χ1v) is 6.96. The molecule has 0 aromatic heterocycles. The van der Waals surface area contributed by atoms with Gasteiger partial charge in [0, 0.05) is 18.1 Å². The zero-order valence-electron chi connectivity index (χ0n) is 10.7. The fourth-order valence-corrected chi connectivity index (χ4v) is 2.46. The molecule has 1 aromatic carbocycles. The maximum atomic E-state index is 11.1. The fourth-order valence-electron chi connectivity index (χ4n) is 2.00. The molecule has 110 valence electrons. The smallest absolute Gasteiger partial charge is 0.323 e. The summed E-state index contributed by atoms with van der Waals surface area (Å²) in [5.41, 5.74) is 0. The maximum Gasteiger partial charge on any atom is 0.323 e. The molecule has 5 nitrogen and oxygen atoms in total. The van der Waals surface area contributed by atoms with Gasteiger partial charge in [-0.15, -0.1) is 0 Å². The summed E-state index contributed by atoms with van der Waals surface area (Å²) < 4.78 is 10.7. The predicted molar refractivity (Wildman–Crippen MR) is 75.8 cm³/mol. The number of benzene rings is 1. The van der Waals surface area contributed by atoms with Crippen molar-refractivity contribution in [3.05, 3.63) is 28.2 Å². The minimum atomic E-state index is -0.880. The van der Waals surface area contributed by atoms with Gasteiger partial charge in [0.2, 0.25) is 0 Å². The topological polar surface area (TPSA) is 59.0 Å². The van der Waals surface area contributed by atoms with E-state index in [4.69, 9.17) is 37.8 Å². The molecule has 1 atom stereocenters. The molecule has 1 aliphatic rings. The number of morpholine rings is 1. The van der Waals surface area contributed by atoms with Crippen LogP contribution in [0.4, 0.5) is 0 Å². The van der Waals surface area contributed by atoms with Crippen LogP contribution in [0.5, 0.6) is 5.75 Å². The SMILES string of the molecule is O=C(O)C1COCCN1CCOc1ccc(Cl)cc1Cl. The molecule has 20 heavy (non-hydrogen) atoms. The summed E-state index contributed by atoms with van der Waals surface area (Å²) in [6.07, 6.45) is 0. The van der Waals surface area contributed by atoms with Crippen molar-refractivity contribution in [1.29, 1.82) is 0 Å². The van der Waals surface area contributed by atoms with Crippen molar-refractivity contribution in [3.63, 3.8) is 0 Å². The third kappa shape index (κ3) is 3.99. The Morgan fingerprint density at radius 1 is 1.50 bits per heavy atom. The van der Waals surface area contributed by atoms with Crippen LogP contribution in [-0.2, 0) is 9.53 Å². The number of ether oxygens (including phenoxy) is 2. The molecule has 1 aromatic rings. The summed E-state index contributed by atoms with van der Waals surface area (Å²) in [4.78, 5) is 12.9. The van der Waals surface area contributed by atoms with Gasteiger partial charge in [0.1, 0.15) is 18.4 Å². The fraction of sp³-hybridized carbons (Fsp3) is 0.462. The average molecular weight is 320 g/mol. The van der Waals surface area contributed by atoms with E-state index < -0.39 is 12.0 Å². The highest BCUT2D eigenvalue weighted by atomic mass is 35.5. The molecule has 0 amide bonds. The monoisotopic (exact) mass is 319 g/mol. The first kappa shape index (κ1) is 15.4. The molecule has 1 unspecified atom stereocenters. The molecule has 1 N–H and O–H groups in total. The Labute approximate surface area is 127 Å². The standard InChI is InChI=1S/C13H15Cl2NO4/c14-9-1-2-12(10(15)7-9)20-6-4-16-3-5-19-8-11(16)13(17)18/h1-2,7,11H,3-6,8H2,(H,17,18). The Hall–Kier alpha value is -1.01. The molecule has 0 saturated carbocycles. The largest absolute Gasteiger partial charge is 0.491 e. The highest BCUT2D eigenvalue weighted by molar-refractivity contribution is 6.35. The van der Waals surface area contributed by atoms with Crippen LogP contribution in [-0.4, -0.2) is 54.9 Å². The van der Waals surface area contributed by atoms with Gasteiger partial charge >= 0.3 is 5.97 Å². The third-order valence-corrected chi connectivity index (χ3v) is 3.58. The van der Waals surface area contributed by atoms with Gasteiger partial charge in [-0.1, -0.05) is 23.2 Å². The van der Waals surface area contributed by atoms with Crippen molar-refractivity contribution in [1.82, 2.24) is 4.90 Å². The maximum absolute atomic E-state index is 11.1. The van der Waals surface area contributed by atoms with Gasteiger partial charge in [0.25, 0.3) is 0 Å². The van der Waals surface area contributed by atoms with E-state index in [9.17, 15) is 4.79 Å². The normalized spacial score (nSPS) is 19.8. The molecule has 1 saturated heterocycles. The van der Waals surface area contributed by atoms with Gasteiger partial charge in [-0.05, 0) is 18.2 Å². The number of carboxylic acids is 1. The van der Waals surface area contributed by atoms with Crippen molar-refractivity contribution in [2.75, 3.05) is 32.9 Å². The Bertz CT molecular complexity index is 483. The Kier molecular flexibility index (Phi) is 5.48.